The molecule has 0 aliphatic carbocycles. The molecular weight excluding hydrogens is 330 g/mol. The number of fused-ring (bicyclic) bond motifs is 2. The zero-order valence-electron chi connectivity index (χ0n) is 13.1. The van der Waals surface area contributed by atoms with Crippen molar-refractivity contribution in [3.05, 3.63) is 63.8 Å². The van der Waals surface area contributed by atoms with E-state index in [9.17, 15) is 5.21 Å². The van der Waals surface area contributed by atoms with Crippen molar-refractivity contribution >= 4 is 35.2 Å². The third-order valence-corrected chi connectivity index (χ3v) is 4.92. The number of nitrogens with zero attached hydrogens (tertiary/aromatic N) is 1. The Kier molecular flexibility index (Phi) is 4.69. The SMILES string of the molecule is C[N+](C)([O-])CCOC1=Cc2ccccc2Sc2ccc(Cl)cc21. The number of likely N-dealkylation sites (N-methyl/N-ethyl adjacent to an activating group) is 1. The molecule has 120 valence electrons. The van der Waals surface area contributed by atoms with Gasteiger partial charge in [-0.3, -0.25) is 0 Å². The summed E-state index contributed by atoms with van der Waals surface area (Å²) < 4.78 is 5.58. The van der Waals surface area contributed by atoms with Crippen molar-refractivity contribution in [3.8, 4) is 0 Å². The first kappa shape index (κ1) is 16.4. The molecule has 0 saturated heterocycles. The van der Waals surface area contributed by atoms with E-state index in [0.29, 0.717) is 18.2 Å². The Morgan fingerprint density at radius 1 is 1.13 bits per heavy atom. The lowest BCUT2D eigenvalue weighted by molar-refractivity contribution is -0.840. The molecule has 2 aromatic carbocycles. The van der Waals surface area contributed by atoms with Crippen LogP contribution < -0.4 is 0 Å². The molecule has 23 heavy (non-hydrogen) atoms. The van der Waals surface area contributed by atoms with Crippen molar-refractivity contribution in [2.24, 2.45) is 0 Å². The van der Waals surface area contributed by atoms with Crippen molar-refractivity contribution in [2.45, 2.75) is 9.79 Å². The molecule has 0 radical (unpaired) electrons. The predicted octanol–water partition coefficient (Wildman–Crippen LogP) is 4.89. The summed E-state index contributed by atoms with van der Waals surface area (Å²) >= 11 is 7.87. The van der Waals surface area contributed by atoms with Gasteiger partial charge in [0.1, 0.15) is 18.9 Å². The summed E-state index contributed by atoms with van der Waals surface area (Å²) in [5.74, 6) is 0.758. The van der Waals surface area contributed by atoms with Gasteiger partial charge in [0, 0.05) is 20.4 Å². The van der Waals surface area contributed by atoms with E-state index in [1.54, 1.807) is 25.9 Å². The summed E-state index contributed by atoms with van der Waals surface area (Å²) in [6, 6.07) is 14.0. The Hall–Kier alpha value is -1.46. The van der Waals surface area contributed by atoms with E-state index < -0.39 is 0 Å². The number of rotatable bonds is 4. The Bertz CT molecular complexity index is 753. The monoisotopic (exact) mass is 347 g/mol. The van der Waals surface area contributed by atoms with Crippen LogP contribution in [0, 0.1) is 5.21 Å². The van der Waals surface area contributed by atoms with E-state index in [4.69, 9.17) is 16.3 Å². The molecule has 0 amide bonds. The molecule has 0 atom stereocenters. The molecule has 0 bridgehead atoms. The first-order valence-corrected chi connectivity index (χ1v) is 8.57. The topological polar surface area (TPSA) is 32.3 Å². The lowest BCUT2D eigenvalue weighted by atomic mass is 10.1. The van der Waals surface area contributed by atoms with Crippen LogP contribution >= 0.6 is 23.4 Å². The van der Waals surface area contributed by atoms with Gasteiger partial charge in [0.25, 0.3) is 0 Å². The van der Waals surface area contributed by atoms with Gasteiger partial charge in [-0.1, -0.05) is 41.6 Å². The molecular formula is C18H18ClNO2S. The van der Waals surface area contributed by atoms with Crippen LogP contribution in [0.4, 0.5) is 0 Å². The number of ether oxygens (including phenoxy) is 1. The second-order valence-electron chi connectivity index (χ2n) is 5.93. The molecule has 1 aliphatic heterocycles. The highest BCUT2D eigenvalue weighted by Gasteiger charge is 2.18. The third-order valence-electron chi connectivity index (χ3n) is 3.52. The van der Waals surface area contributed by atoms with E-state index in [1.807, 2.05) is 36.4 Å². The van der Waals surface area contributed by atoms with Gasteiger partial charge in [-0.15, -0.1) is 0 Å². The Morgan fingerprint density at radius 2 is 1.91 bits per heavy atom. The standard InChI is InChI=1S/C18H18ClNO2S/c1-20(2,21)9-10-22-16-11-13-5-3-4-6-17(13)23-18-8-7-14(19)12-15(16)18/h3-8,11-12H,9-10H2,1-2H3. The zero-order valence-corrected chi connectivity index (χ0v) is 14.7. The Labute approximate surface area is 145 Å². The van der Waals surface area contributed by atoms with Crippen LogP contribution in [0.3, 0.4) is 0 Å². The van der Waals surface area contributed by atoms with Gasteiger partial charge in [0.2, 0.25) is 0 Å². The molecule has 3 rings (SSSR count). The number of halogens is 1. The molecule has 3 nitrogen and oxygen atoms in total. The molecule has 0 spiro atoms. The number of benzene rings is 2. The van der Waals surface area contributed by atoms with Crippen LogP contribution in [-0.2, 0) is 4.74 Å². The lowest BCUT2D eigenvalue weighted by Gasteiger charge is -2.33. The van der Waals surface area contributed by atoms with Crippen LogP contribution in [-0.4, -0.2) is 31.9 Å². The van der Waals surface area contributed by atoms with E-state index in [2.05, 4.69) is 12.1 Å². The molecule has 2 aromatic rings. The van der Waals surface area contributed by atoms with Gasteiger partial charge in [0.05, 0.1) is 14.1 Å². The summed E-state index contributed by atoms with van der Waals surface area (Å²) in [7, 11) is 3.22. The number of quaternary nitrogens is 1. The van der Waals surface area contributed by atoms with E-state index in [0.717, 1.165) is 21.8 Å². The average molecular weight is 348 g/mol. The van der Waals surface area contributed by atoms with Crippen molar-refractivity contribution in [1.29, 1.82) is 0 Å². The average Bonchev–Trinajstić information content (AvgIpc) is 2.63. The highest BCUT2D eigenvalue weighted by Crippen LogP contribution is 2.41. The van der Waals surface area contributed by atoms with E-state index in [-0.39, 0.29) is 4.65 Å². The first-order valence-electron chi connectivity index (χ1n) is 7.38. The summed E-state index contributed by atoms with van der Waals surface area (Å²) in [4.78, 5) is 2.27. The van der Waals surface area contributed by atoms with Gasteiger partial charge < -0.3 is 14.6 Å². The van der Waals surface area contributed by atoms with Crippen LogP contribution in [0.2, 0.25) is 5.02 Å². The second-order valence-corrected chi connectivity index (χ2v) is 7.46. The van der Waals surface area contributed by atoms with Gasteiger partial charge in [-0.2, -0.15) is 0 Å². The fraction of sp³-hybridized carbons (Fsp3) is 0.222. The molecule has 0 fully saturated rings. The molecule has 1 aliphatic rings. The Balaban J connectivity index is 1.97. The largest absolute Gasteiger partial charge is 0.633 e. The predicted molar refractivity (Wildman–Crippen MR) is 96.2 cm³/mol. The lowest BCUT2D eigenvalue weighted by Crippen LogP contribution is -2.35. The number of hydrogen-bond donors (Lipinski definition) is 0. The highest BCUT2D eigenvalue weighted by molar-refractivity contribution is 7.99. The summed E-state index contributed by atoms with van der Waals surface area (Å²) in [5.41, 5.74) is 2.07. The normalized spacial score (nSPS) is 13.7. The smallest absolute Gasteiger partial charge is 0.137 e. The minimum absolute atomic E-state index is 0.362. The van der Waals surface area contributed by atoms with Crippen molar-refractivity contribution in [1.82, 2.24) is 0 Å². The first-order chi connectivity index (χ1) is 10.9. The minimum atomic E-state index is -0.374. The van der Waals surface area contributed by atoms with Crippen LogP contribution in [0.15, 0.2) is 52.3 Å². The van der Waals surface area contributed by atoms with Crippen molar-refractivity contribution in [2.75, 3.05) is 27.2 Å². The second kappa shape index (κ2) is 6.57. The summed E-state index contributed by atoms with van der Waals surface area (Å²) in [5, 5.41) is 12.4. The Morgan fingerprint density at radius 3 is 2.70 bits per heavy atom. The summed E-state index contributed by atoms with van der Waals surface area (Å²) in [6.07, 6.45) is 2.02. The molecule has 0 aromatic heterocycles. The van der Waals surface area contributed by atoms with Gasteiger partial charge >= 0.3 is 0 Å². The zero-order chi connectivity index (χ0) is 16.4. The molecule has 1 heterocycles. The maximum Gasteiger partial charge on any atom is 0.137 e. The number of hydrogen-bond acceptors (Lipinski definition) is 3. The minimum Gasteiger partial charge on any atom is -0.633 e. The fourth-order valence-electron chi connectivity index (χ4n) is 2.31. The number of hydroxylamine groups is 3. The molecule has 0 saturated carbocycles. The van der Waals surface area contributed by atoms with Crippen LogP contribution in [0.25, 0.3) is 11.8 Å². The summed E-state index contributed by atoms with van der Waals surface area (Å²) in [6.45, 7) is 0.753. The third kappa shape index (κ3) is 4.09. The maximum atomic E-state index is 11.7. The molecule has 5 heteroatoms. The van der Waals surface area contributed by atoms with Gasteiger partial charge in [-0.25, -0.2) is 0 Å². The van der Waals surface area contributed by atoms with Crippen LogP contribution in [0.1, 0.15) is 11.1 Å². The molecule has 0 N–H and O–H groups in total. The van der Waals surface area contributed by atoms with Gasteiger partial charge in [-0.05, 0) is 35.9 Å². The van der Waals surface area contributed by atoms with E-state index in [1.165, 1.54) is 4.90 Å². The van der Waals surface area contributed by atoms with Crippen molar-refractivity contribution in [3.63, 3.8) is 0 Å². The van der Waals surface area contributed by atoms with E-state index >= 15 is 0 Å². The maximum absolute atomic E-state index is 11.7. The fourth-order valence-corrected chi connectivity index (χ4v) is 3.51. The van der Waals surface area contributed by atoms with Gasteiger partial charge in [0.15, 0.2) is 0 Å². The molecule has 0 unspecified atom stereocenters. The van der Waals surface area contributed by atoms with Crippen LogP contribution in [0.5, 0.6) is 0 Å². The van der Waals surface area contributed by atoms with Crippen molar-refractivity contribution < 1.29 is 9.38 Å². The quantitative estimate of drug-likeness (QED) is 0.582. The highest BCUT2D eigenvalue weighted by atomic mass is 35.5.